The van der Waals surface area contributed by atoms with Gasteiger partial charge in [-0.2, -0.15) is 0 Å². The van der Waals surface area contributed by atoms with Crippen molar-refractivity contribution in [3.05, 3.63) is 53.5 Å². The average Bonchev–Trinajstić information content (AvgIpc) is 3.04. The fourth-order valence-corrected chi connectivity index (χ4v) is 2.43. The highest BCUT2D eigenvalue weighted by atomic mass is 16.5. The Kier molecular flexibility index (Phi) is 3.56. The van der Waals surface area contributed by atoms with E-state index in [-0.39, 0.29) is 0 Å². The fourth-order valence-electron chi connectivity index (χ4n) is 2.43. The summed E-state index contributed by atoms with van der Waals surface area (Å²) in [6.07, 6.45) is 2.10. The van der Waals surface area contributed by atoms with E-state index in [0.29, 0.717) is 0 Å². The Hall–Kier alpha value is -2.07. The zero-order chi connectivity index (χ0) is 13.9. The zero-order valence-corrected chi connectivity index (χ0v) is 11.9. The van der Waals surface area contributed by atoms with Crippen molar-refractivity contribution < 1.29 is 4.52 Å². The van der Waals surface area contributed by atoms with E-state index in [0.717, 1.165) is 31.1 Å². The summed E-state index contributed by atoms with van der Waals surface area (Å²) in [4.78, 5) is 0. The number of nitrogens with one attached hydrogen (secondary N) is 1. The molecule has 0 unspecified atom stereocenters. The van der Waals surface area contributed by atoms with E-state index in [9.17, 15) is 0 Å². The maximum Gasteiger partial charge on any atom is 0.156 e. The smallest absolute Gasteiger partial charge is 0.156 e. The third-order valence-corrected chi connectivity index (χ3v) is 3.42. The lowest BCUT2D eigenvalue weighted by molar-refractivity contribution is 0.374. The predicted molar refractivity (Wildman–Crippen MR) is 79.7 cm³/mol. The third-order valence-electron chi connectivity index (χ3n) is 3.42. The van der Waals surface area contributed by atoms with Crippen LogP contribution in [0.4, 0.5) is 0 Å². The maximum atomic E-state index is 5.28. The highest BCUT2D eigenvalue weighted by molar-refractivity contribution is 5.81. The quantitative estimate of drug-likeness (QED) is 0.774. The van der Waals surface area contributed by atoms with Crippen LogP contribution in [0.25, 0.3) is 10.9 Å². The van der Waals surface area contributed by atoms with E-state index in [1.165, 1.54) is 16.5 Å². The zero-order valence-electron chi connectivity index (χ0n) is 11.9. The molecule has 0 amide bonds. The van der Waals surface area contributed by atoms with Crippen LogP contribution in [0, 0.1) is 6.92 Å². The van der Waals surface area contributed by atoms with Crippen molar-refractivity contribution in [3.63, 3.8) is 0 Å². The SMILES string of the molecule is CCNCc1ccc2c(ccn2Cc2cc(C)no2)c1. The van der Waals surface area contributed by atoms with E-state index in [1.807, 2.05) is 13.0 Å². The Balaban J connectivity index is 1.85. The Morgan fingerprint density at radius 3 is 2.90 bits per heavy atom. The lowest BCUT2D eigenvalue weighted by Gasteiger charge is -2.05. The molecule has 1 N–H and O–H groups in total. The van der Waals surface area contributed by atoms with Gasteiger partial charge in [0.25, 0.3) is 0 Å². The van der Waals surface area contributed by atoms with Crippen LogP contribution in [-0.4, -0.2) is 16.3 Å². The van der Waals surface area contributed by atoms with Gasteiger partial charge >= 0.3 is 0 Å². The molecule has 0 fully saturated rings. The van der Waals surface area contributed by atoms with Crippen LogP contribution in [0.15, 0.2) is 41.1 Å². The summed E-state index contributed by atoms with van der Waals surface area (Å²) >= 11 is 0. The molecule has 0 aliphatic carbocycles. The molecule has 3 rings (SSSR count). The van der Waals surface area contributed by atoms with Gasteiger partial charge in [0, 0.05) is 24.3 Å². The lowest BCUT2D eigenvalue weighted by atomic mass is 10.1. The standard InChI is InChI=1S/C16H19N3O/c1-3-17-10-13-4-5-16-14(9-13)6-7-19(16)11-15-8-12(2)18-20-15/h4-9,17H,3,10-11H2,1-2H3. The first kappa shape index (κ1) is 12.9. The maximum absolute atomic E-state index is 5.28. The van der Waals surface area contributed by atoms with Crippen molar-refractivity contribution in [1.29, 1.82) is 0 Å². The normalized spacial score (nSPS) is 11.3. The summed E-state index contributed by atoms with van der Waals surface area (Å²) in [7, 11) is 0. The summed E-state index contributed by atoms with van der Waals surface area (Å²) in [5.41, 5.74) is 3.45. The van der Waals surface area contributed by atoms with Gasteiger partial charge in [0.05, 0.1) is 12.2 Å². The summed E-state index contributed by atoms with van der Waals surface area (Å²) in [5, 5.41) is 8.54. The van der Waals surface area contributed by atoms with Crippen LogP contribution in [-0.2, 0) is 13.1 Å². The molecule has 0 radical (unpaired) electrons. The molecule has 104 valence electrons. The molecule has 2 heterocycles. The first-order chi connectivity index (χ1) is 9.76. The molecule has 0 saturated carbocycles. The van der Waals surface area contributed by atoms with E-state index < -0.39 is 0 Å². The van der Waals surface area contributed by atoms with Gasteiger partial charge in [-0.05, 0) is 42.6 Å². The van der Waals surface area contributed by atoms with Crippen molar-refractivity contribution in [1.82, 2.24) is 15.0 Å². The number of aryl methyl sites for hydroxylation is 1. The molecule has 0 spiro atoms. The fraction of sp³-hybridized carbons (Fsp3) is 0.312. The van der Waals surface area contributed by atoms with Gasteiger partial charge in [-0.1, -0.05) is 18.1 Å². The van der Waals surface area contributed by atoms with Crippen molar-refractivity contribution in [3.8, 4) is 0 Å². The van der Waals surface area contributed by atoms with Gasteiger partial charge in [-0.15, -0.1) is 0 Å². The second-order valence-corrected chi connectivity index (χ2v) is 5.05. The summed E-state index contributed by atoms with van der Waals surface area (Å²) in [6.45, 7) is 6.68. The number of nitrogens with zero attached hydrogens (tertiary/aromatic N) is 2. The molecule has 0 bridgehead atoms. The highest BCUT2D eigenvalue weighted by Gasteiger charge is 2.06. The molecule has 4 nitrogen and oxygen atoms in total. The van der Waals surface area contributed by atoms with Crippen molar-refractivity contribution in [2.75, 3.05) is 6.54 Å². The Labute approximate surface area is 118 Å². The van der Waals surface area contributed by atoms with Crippen LogP contribution in [0.5, 0.6) is 0 Å². The molecule has 0 atom stereocenters. The Morgan fingerprint density at radius 2 is 2.15 bits per heavy atom. The predicted octanol–water partition coefficient (Wildman–Crippen LogP) is 3.10. The number of fused-ring (bicyclic) bond motifs is 1. The minimum absolute atomic E-state index is 0.719. The molecular weight excluding hydrogens is 250 g/mol. The van der Waals surface area contributed by atoms with E-state index in [4.69, 9.17) is 4.52 Å². The second kappa shape index (κ2) is 5.51. The molecule has 20 heavy (non-hydrogen) atoms. The molecule has 0 aliphatic rings. The minimum Gasteiger partial charge on any atom is -0.359 e. The summed E-state index contributed by atoms with van der Waals surface area (Å²) in [6, 6.07) is 10.7. The topological polar surface area (TPSA) is 43.0 Å². The molecular formula is C16H19N3O. The number of hydrogen-bond donors (Lipinski definition) is 1. The van der Waals surface area contributed by atoms with Gasteiger partial charge in [0.15, 0.2) is 5.76 Å². The van der Waals surface area contributed by atoms with Gasteiger partial charge in [0.2, 0.25) is 0 Å². The van der Waals surface area contributed by atoms with Gasteiger partial charge < -0.3 is 14.4 Å². The molecule has 0 saturated heterocycles. The van der Waals surface area contributed by atoms with Crippen molar-refractivity contribution in [2.45, 2.75) is 26.9 Å². The highest BCUT2D eigenvalue weighted by Crippen LogP contribution is 2.19. The second-order valence-electron chi connectivity index (χ2n) is 5.05. The largest absolute Gasteiger partial charge is 0.359 e. The van der Waals surface area contributed by atoms with E-state index in [1.54, 1.807) is 0 Å². The number of aromatic nitrogens is 2. The average molecular weight is 269 g/mol. The first-order valence-corrected chi connectivity index (χ1v) is 6.97. The van der Waals surface area contributed by atoms with Crippen molar-refractivity contribution >= 4 is 10.9 Å². The van der Waals surface area contributed by atoms with Crippen LogP contribution >= 0.6 is 0 Å². The van der Waals surface area contributed by atoms with Crippen molar-refractivity contribution in [2.24, 2.45) is 0 Å². The molecule has 0 aliphatic heterocycles. The molecule has 4 heteroatoms. The first-order valence-electron chi connectivity index (χ1n) is 6.97. The third kappa shape index (κ3) is 2.60. The van der Waals surface area contributed by atoms with Crippen LogP contribution < -0.4 is 5.32 Å². The molecule has 2 aromatic heterocycles. The minimum atomic E-state index is 0.719. The van der Waals surface area contributed by atoms with Crippen LogP contribution in [0.1, 0.15) is 23.9 Å². The van der Waals surface area contributed by atoms with Crippen LogP contribution in [0.3, 0.4) is 0 Å². The monoisotopic (exact) mass is 269 g/mol. The lowest BCUT2D eigenvalue weighted by Crippen LogP contribution is -2.11. The van der Waals surface area contributed by atoms with E-state index >= 15 is 0 Å². The number of rotatable bonds is 5. The number of benzene rings is 1. The molecule has 1 aromatic carbocycles. The van der Waals surface area contributed by atoms with Gasteiger partial charge in [-0.25, -0.2) is 0 Å². The van der Waals surface area contributed by atoms with Gasteiger partial charge in [-0.3, -0.25) is 0 Å². The summed E-state index contributed by atoms with van der Waals surface area (Å²) in [5.74, 6) is 0.886. The Bertz CT molecular complexity index is 711. The summed E-state index contributed by atoms with van der Waals surface area (Å²) < 4.78 is 7.47. The van der Waals surface area contributed by atoms with E-state index in [2.05, 4.69) is 52.4 Å². The Morgan fingerprint density at radius 1 is 1.25 bits per heavy atom. The van der Waals surface area contributed by atoms with Gasteiger partial charge in [0.1, 0.15) is 0 Å². The molecule has 3 aromatic rings. The number of hydrogen-bond acceptors (Lipinski definition) is 3. The van der Waals surface area contributed by atoms with Crippen LogP contribution in [0.2, 0.25) is 0 Å².